The van der Waals surface area contributed by atoms with Crippen LogP contribution in [0.25, 0.3) is 0 Å². The molecule has 0 spiro atoms. The lowest BCUT2D eigenvalue weighted by Gasteiger charge is -2.24. The molecular weight excluding hydrogens is 276 g/mol. The molecule has 1 saturated heterocycles. The summed E-state index contributed by atoms with van der Waals surface area (Å²) < 4.78 is 0. The summed E-state index contributed by atoms with van der Waals surface area (Å²) in [4.78, 5) is 12.1. The second kappa shape index (κ2) is 8.85. The standard InChI is InChI=1S/C15H28N2O2.ClH/c1-11(7-12-5-3-2-4-6-12)15(19)17-9-13-8-16-10-14(13)18;/h11-14,16,18H,2-10H2,1H3,(H,17,19);1H. The zero-order valence-corrected chi connectivity index (χ0v) is 13.3. The van der Waals surface area contributed by atoms with Crippen LogP contribution >= 0.6 is 12.4 Å². The highest BCUT2D eigenvalue weighted by Crippen LogP contribution is 2.29. The number of β-amino-alcohol motifs (C(OH)–C–C–N with tert-alkyl or cyclic N) is 1. The Morgan fingerprint density at radius 3 is 2.60 bits per heavy atom. The zero-order valence-electron chi connectivity index (χ0n) is 12.4. The fourth-order valence-electron chi connectivity index (χ4n) is 3.36. The molecule has 0 bridgehead atoms. The van der Waals surface area contributed by atoms with E-state index in [0.717, 1.165) is 18.9 Å². The highest BCUT2D eigenvalue weighted by molar-refractivity contribution is 5.85. The van der Waals surface area contributed by atoms with Crippen molar-refractivity contribution >= 4 is 18.3 Å². The Kier molecular flexibility index (Phi) is 7.85. The monoisotopic (exact) mass is 304 g/mol. The summed E-state index contributed by atoms with van der Waals surface area (Å²) in [6.45, 7) is 4.09. The van der Waals surface area contributed by atoms with Gasteiger partial charge in [0, 0.05) is 31.5 Å². The van der Waals surface area contributed by atoms with Crippen LogP contribution in [0.2, 0.25) is 0 Å². The Morgan fingerprint density at radius 2 is 2.00 bits per heavy atom. The Labute approximate surface area is 128 Å². The van der Waals surface area contributed by atoms with Crippen molar-refractivity contribution in [1.29, 1.82) is 0 Å². The van der Waals surface area contributed by atoms with Gasteiger partial charge in [0.2, 0.25) is 5.91 Å². The van der Waals surface area contributed by atoms with Crippen LogP contribution in [-0.2, 0) is 4.79 Å². The van der Waals surface area contributed by atoms with E-state index in [1.165, 1.54) is 32.1 Å². The van der Waals surface area contributed by atoms with Crippen molar-refractivity contribution in [2.45, 2.75) is 51.6 Å². The maximum absolute atomic E-state index is 12.1. The summed E-state index contributed by atoms with van der Waals surface area (Å²) >= 11 is 0. The van der Waals surface area contributed by atoms with Crippen LogP contribution in [0.4, 0.5) is 0 Å². The third-order valence-corrected chi connectivity index (χ3v) is 4.70. The van der Waals surface area contributed by atoms with Crippen LogP contribution < -0.4 is 10.6 Å². The molecule has 1 heterocycles. The second-order valence-electron chi connectivity index (χ2n) is 6.37. The number of carbonyl (C=O) groups is 1. The molecule has 0 aromatic carbocycles. The molecule has 0 radical (unpaired) electrons. The number of amides is 1. The summed E-state index contributed by atoms with van der Waals surface area (Å²) in [6.07, 6.45) is 7.33. The molecule has 4 nitrogen and oxygen atoms in total. The van der Waals surface area contributed by atoms with E-state index in [9.17, 15) is 9.90 Å². The first-order valence-corrected chi connectivity index (χ1v) is 7.83. The van der Waals surface area contributed by atoms with Crippen molar-refractivity contribution in [1.82, 2.24) is 10.6 Å². The van der Waals surface area contributed by atoms with E-state index >= 15 is 0 Å². The predicted octanol–water partition coefficient (Wildman–Crippen LogP) is 1.71. The third-order valence-electron chi connectivity index (χ3n) is 4.70. The van der Waals surface area contributed by atoms with Gasteiger partial charge in [-0.3, -0.25) is 4.79 Å². The highest BCUT2D eigenvalue weighted by atomic mass is 35.5. The molecule has 2 fully saturated rings. The first-order chi connectivity index (χ1) is 9.16. The van der Waals surface area contributed by atoms with Crippen LogP contribution in [0.15, 0.2) is 0 Å². The predicted molar refractivity (Wildman–Crippen MR) is 83.0 cm³/mol. The highest BCUT2D eigenvalue weighted by Gasteiger charge is 2.26. The molecule has 1 aliphatic carbocycles. The van der Waals surface area contributed by atoms with Gasteiger partial charge in [-0.25, -0.2) is 0 Å². The summed E-state index contributed by atoms with van der Waals surface area (Å²) in [5.74, 6) is 1.18. The largest absolute Gasteiger partial charge is 0.391 e. The van der Waals surface area contributed by atoms with Crippen molar-refractivity contribution in [2.75, 3.05) is 19.6 Å². The molecule has 118 valence electrons. The topological polar surface area (TPSA) is 61.4 Å². The van der Waals surface area contributed by atoms with E-state index in [2.05, 4.69) is 10.6 Å². The van der Waals surface area contributed by atoms with E-state index in [-0.39, 0.29) is 36.3 Å². The number of aliphatic hydroxyl groups excluding tert-OH is 1. The van der Waals surface area contributed by atoms with Crippen LogP contribution in [-0.4, -0.2) is 36.8 Å². The minimum absolute atomic E-state index is 0. The van der Waals surface area contributed by atoms with Gasteiger partial charge in [0.15, 0.2) is 0 Å². The third kappa shape index (κ3) is 5.23. The smallest absolute Gasteiger partial charge is 0.222 e. The maximum Gasteiger partial charge on any atom is 0.222 e. The van der Waals surface area contributed by atoms with Gasteiger partial charge >= 0.3 is 0 Å². The lowest BCUT2D eigenvalue weighted by atomic mass is 9.83. The quantitative estimate of drug-likeness (QED) is 0.725. The fraction of sp³-hybridized carbons (Fsp3) is 0.933. The molecule has 0 aromatic rings. The summed E-state index contributed by atoms with van der Waals surface area (Å²) in [7, 11) is 0. The molecule has 5 heteroatoms. The average Bonchev–Trinajstić information content (AvgIpc) is 2.82. The summed E-state index contributed by atoms with van der Waals surface area (Å²) in [6, 6.07) is 0. The van der Waals surface area contributed by atoms with Crippen LogP contribution in [0.5, 0.6) is 0 Å². The molecule has 20 heavy (non-hydrogen) atoms. The van der Waals surface area contributed by atoms with Crippen molar-refractivity contribution in [3.8, 4) is 0 Å². The van der Waals surface area contributed by atoms with Crippen molar-refractivity contribution in [2.24, 2.45) is 17.8 Å². The van der Waals surface area contributed by atoms with E-state index in [1.807, 2.05) is 6.92 Å². The number of carbonyl (C=O) groups excluding carboxylic acids is 1. The van der Waals surface area contributed by atoms with Gasteiger partial charge in [-0.05, 0) is 12.3 Å². The Balaban J connectivity index is 0.00000200. The second-order valence-corrected chi connectivity index (χ2v) is 6.37. The molecule has 3 N–H and O–H groups in total. The lowest BCUT2D eigenvalue weighted by molar-refractivity contribution is -0.125. The molecule has 1 amide bonds. The fourth-order valence-corrected chi connectivity index (χ4v) is 3.36. The number of nitrogens with one attached hydrogen (secondary N) is 2. The van der Waals surface area contributed by atoms with Gasteiger partial charge in [-0.1, -0.05) is 39.0 Å². The van der Waals surface area contributed by atoms with Crippen LogP contribution in [0.3, 0.4) is 0 Å². The summed E-state index contributed by atoms with van der Waals surface area (Å²) in [5.41, 5.74) is 0. The van der Waals surface area contributed by atoms with E-state index < -0.39 is 0 Å². The van der Waals surface area contributed by atoms with Gasteiger partial charge in [0.05, 0.1) is 6.10 Å². The Bertz CT molecular complexity index is 296. The van der Waals surface area contributed by atoms with E-state index in [0.29, 0.717) is 13.1 Å². The van der Waals surface area contributed by atoms with Gasteiger partial charge in [0.25, 0.3) is 0 Å². The Hall–Kier alpha value is -0.320. The number of aliphatic hydroxyl groups is 1. The van der Waals surface area contributed by atoms with Gasteiger partial charge in [-0.15, -0.1) is 12.4 Å². The minimum atomic E-state index is -0.311. The van der Waals surface area contributed by atoms with Crippen molar-refractivity contribution < 1.29 is 9.90 Å². The molecule has 1 aliphatic heterocycles. The first kappa shape index (κ1) is 17.7. The van der Waals surface area contributed by atoms with Gasteiger partial charge in [-0.2, -0.15) is 0 Å². The van der Waals surface area contributed by atoms with Gasteiger partial charge in [0.1, 0.15) is 0 Å². The number of halogens is 1. The Morgan fingerprint density at radius 1 is 1.30 bits per heavy atom. The molecule has 0 aromatic heterocycles. The molecule has 3 unspecified atom stereocenters. The van der Waals surface area contributed by atoms with Crippen LogP contribution in [0, 0.1) is 17.8 Å². The van der Waals surface area contributed by atoms with Crippen molar-refractivity contribution in [3.05, 3.63) is 0 Å². The first-order valence-electron chi connectivity index (χ1n) is 7.83. The summed E-state index contributed by atoms with van der Waals surface area (Å²) in [5, 5.41) is 15.8. The van der Waals surface area contributed by atoms with E-state index in [4.69, 9.17) is 0 Å². The maximum atomic E-state index is 12.1. The number of hydrogen-bond acceptors (Lipinski definition) is 3. The van der Waals surface area contributed by atoms with Gasteiger partial charge < -0.3 is 15.7 Å². The normalized spacial score (nSPS) is 28.7. The number of hydrogen-bond donors (Lipinski definition) is 3. The van der Waals surface area contributed by atoms with Crippen LogP contribution in [0.1, 0.15) is 45.4 Å². The molecule has 3 atom stereocenters. The SMILES string of the molecule is CC(CC1CCCCC1)C(=O)NCC1CNCC1O.Cl. The van der Waals surface area contributed by atoms with E-state index in [1.54, 1.807) is 0 Å². The lowest BCUT2D eigenvalue weighted by Crippen LogP contribution is -2.37. The number of rotatable bonds is 5. The molecule has 1 saturated carbocycles. The molecular formula is C15H29ClN2O2. The molecule has 2 rings (SSSR count). The average molecular weight is 305 g/mol. The van der Waals surface area contributed by atoms with Crippen molar-refractivity contribution in [3.63, 3.8) is 0 Å². The zero-order chi connectivity index (χ0) is 13.7. The minimum Gasteiger partial charge on any atom is -0.391 e. The molecule has 2 aliphatic rings.